The van der Waals surface area contributed by atoms with Crippen molar-refractivity contribution in [1.82, 2.24) is 9.97 Å². The zero-order valence-electron chi connectivity index (χ0n) is 10.7. The fourth-order valence-electron chi connectivity index (χ4n) is 1.53. The Morgan fingerprint density at radius 2 is 2.20 bits per heavy atom. The van der Waals surface area contributed by atoms with Gasteiger partial charge in [-0.3, -0.25) is 4.98 Å². The molecule has 5 nitrogen and oxygen atoms in total. The Balaban J connectivity index is 1.96. The highest BCUT2D eigenvalue weighted by Gasteiger charge is 2.00. The van der Waals surface area contributed by atoms with Crippen molar-refractivity contribution in [3.63, 3.8) is 0 Å². The van der Waals surface area contributed by atoms with Crippen molar-refractivity contribution in [2.45, 2.75) is 0 Å². The van der Waals surface area contributed by atoms with E-state index in [1.54, 1.807) is 30.7 Å². The average Bonchev–Trinajstić information content (AvgIpc) is 2.47. The van der Waals surface area contributed by atoms with Crippen LogP contribution in [0.1, 0.15) is 5.56 Å². The molecule has 2 heterocycles. The SMILES string of the molecule is N=C(C=C(N)CNc1cccnc1)c1ccc(Br)nc1. The van der Waals surface area contributed by atoms with Gasteiger partial charge in [0.25, 0.3) is 0 Å². The molecule has 0 bridgehead atoms. The van der Waals surface area contributed by atoms with Gasteiger partial charge in [-0.05, 0) is 46.3 Å². The monoisotopic (exact) mass is 331 g/mol. The number of nitrogens with one attached hydrogen (secondary N) is 2. The zero-order chi connectivity index (χ0) is 14.4. The van der Waals surface area contributed by atoms with Crippen LogP contribution in [-0.4, -0.2) is 22.2 Å². The van der Waals surface area contributed by atoms with E-state index in [4.69, 9.17) is 11.1 Å². The highest BCUT2D eigenvalue weighted by atomic mass is 79.9. The predicted octanol–water partition coefficient (Wildman–Crippen LogP) is 2.56. The maximum Gasteiger partial charge on any atom is 0.106 e. The lowest BCUT2D eigenvalue weighted by Gasteiger charge is -2.06. The molecular formula is C14H14BrN5. The molecule has 6 heteroatoms. The molecule has 0 aliphatic carbocycles. The number of nitrogens with two attached hydrogens (primary N) is 1. The number of pyridine rings is 2. The maximum absolute atomic E-state index is 7.96. The number of nitrogens with zero attached hydrogens (tertiary/aromatic N) is 2. The van der Waals surface area contributed by atoms with E-state index >= 15 is 0 Å². The lowest BCUT2D eigenvalue weighted by Crippen LogP contribution is -2.13. The first-order valence-corrected chi connectivity index (χ1v) is 6.75. The summed E-state index contributed by atoms with van der Waals surface area (Å²) in [6.07, 6.45) is 6.68. The smallest absolute Gasteiger partial charge is 0.106 e. The minimum atomic E-state index is 0.329. The molecular weight excluding hydrogens is 318 g/mol. The van der Waals surface area contributed by atoms with Crippen molar-refractivity contribution < 1.29 is 0 Å². The highest BCUT2D eigenvalue weighted by molar-refractivity contribution is 9.10. The van der Waals surface area contributed by atoms with Crippen LogP contribution in [0.5, 0.6) is 0 Å². The van der Waals surface area contributed by atoms with E-state index in [2.05, 4.69) is 31.2 Å². The Labute approximate surface area is 125 Å². The highest BCUT2D eigenvalue weighted by Crippen LogP contribution is 2.08. The Kier molecular flexibility index (Phi) is 4.84. The van der Waals surface area contributed by atoms with Crippen LogP contribution < -0.4 is 11.1 Å². The predicted molar refractivity (Wildman–Crippen MR) is 83.8 cm³/mol. The van der Waals surface area contributed by atoms with Crippen molar-refractivity contribution in [3.05, 3.63) is 64.8 Å². The van der Waals surface area contributed by atoms with Gasteiger partial charge in [-0.25, -0.2) is 4.98 Å². The van der Waals surface area contributed by atoms with Crippen LogP contribution in [0, 0.1) is 5.41 Å². The normalized spacial score (nSPS) is 11.2. The first-order valence-electron chi connectivity index (χ1n) is 5.95. The van der Waals surface area contributed by atoms with Crippen LogP contribution in [0.2, 0.25) is 0 Å². The fourth-order valence-corrected chi connectivity index (χ4v) is 1.76. The van der Waals surface area contributed by atoms with Crippen molar-refractivity contribution >= 4 is 27.3 Å². The van der Waals surface area contributed by atoms with Gasteiger partial charge in [0.15, 0.2) is 0 Å². The van der Waals surface area contributed by atoms with Gasteiger partial charge in [-0.1, -0.05) is 0 Å². The molecule has 0 aliphatic rings. The molecule has 0 atom stereocenters. The van der Waals surface area contributed by atoms with Crippen molar-refractivity contribution in [2.75, 3.05) is 11.9 Å². The molecule has 0 saturated heterocycles. The molecule has 0 spiro atoms. The molecule has 0 radical (unpaired) electrons. The van der Waals surface area contributed by atoms with Crippen LogP contribution >= 0.6 is 15.9 Å². The standard InChI is InChI=1S/C14H14BrN5/c15-14-4-3-10(7-20-14)13(17)6-11(16)8-19-12-2-1-5-18-9-12/h1-7,9,17,19H,8,16H2. The lowest BCUT2D eigenvalue weighted by atomic mass is 10.1. The molecule has 2 aromatic heterocycles. The van der Waals surface area contributed by atoms with Gasteiger partial charge < -0.3 is 16.5 Å². The number of rotatable bonds is 5. The largest absolute Gasteiger partial charge is 0.401 e. The summed E-state index contributed by atoms with van der Waals surface area (Å²) in [5.74, 6) is 0. The molecule has 0 amide bonds. The third-order valence-electron chi connectivity index (χ3n) is 2.53. The van der Waals surface area contributed by atoms with Crippen LogP contribution in [0.3, 0.4) is 0 Å². The van der Waals surface area contributed by atoms with E-state index in [9.17, 15) is 0 Å². The average molecular weight is 332 g/mol. The van der Waals surface area contributed by atoms with E-state index in [1.807, 2.05) is 18.2 Å². The molecule has 2 aromatic rings. The molecule has 20 heavy (non-hydrogen) atoms. The zero-order valence-corrected chi connectivity index (χ0v) is 12.3. The Morgan fingerprint density at radius 1 is 1.35 bits per heavy atom. The fraction of sp³-hybridized carbons (Fsp3) is 0.0714. The summed E-state index contributed by atoms with van der Waals surface area (Å²) < 4.78 is 0.740. The Hall–Kier alpha value is -2.21. The molecule has 2 rings (SSSR count). The third kappa shape index (κ3) is 4.17. The van der Waals surface area contributed by atoms with Gasteiger partial charge in [0.2, 0.25) is 0 Å². The summed E-state index contributed by atoms with van der Waals surface area (Å²) in [7, 11) is 0. The van der Waals surface area contributed by atoms with Gasteiger partial charge in [-0.2, -0.15) is 0 Å². The molecule has 0 saturated carbocycles. The number of hydrogen-bond acceptors (Lipinski definition) is 5. The molecule has 0 unspecified atom stereocenters. The summed E-state index contributed by atoms with van der Waals surface area (Å²) in [5.41, 5.74) is 8.41. The van der Waals surface area contributed by atoms with Crippen LogP contribution in [0.4, 0.5) is 5.69 Å². The van der Waals surface area contributed by atoms with E-state index in [0.717, 1.165) is 15.9 Å². The van der Waals surface area contributed by atoms with Crippen molar-refractivity contribution in [3.8, 4) is 0 Å². The summed E-state index contributed by atoms with van der Waals surface area (Å²) >= 11 is 3.26. The van der Waals surface area contributed by atoms with Crippen molar-refractivity contribution in [2.24, 2.45) is 5.73 Å². The number of allylic oxidation sites excluding steroid dienone is 1. The summed E-state index contributed by atoms with van der Waals surface area (Å²) in [6, 6.07) is 7.36. The third-order valence-corrected chi connectivity index (χ3v) is 3.00. The first kappa shape index (κ1) is 14.2. The molecule has 4 N–H and O–H groups in total. The quantitative estimate of drug-likeness (QED) is 0.580. The molecule has 0 fully saturated rings. The van der Waals surface area contributed by atoms with E-state index in [-0.39, 0.29) is 0 Å². The lowest BCUT2D eigenvalue weighted by molar-refractivity contribution is 1.16. The van der Waals surface area contributed by atoms with Gasteiger partial charge in [0.1, 0.15) is 4.60 Å². The first-order chi connectivity index (χ1) is 9.65. The molecule has 0 aromatic carbocycles. The Bertz CT molecular complexity index is 607. The minimum Gasteiger partial charge on any atom is -0.401 e. The van der Waals surface area contributed by atoms with Crippen LogP contribution in [-0.2, 0) is 0 Å². The van der Waals surface area contributed by atoms with Crippen molar-refractivity contribution in [1.29, 1.82) is 5.41 Å². The van der Waals surface area contributed by atoms with Gasteiger partial charge in [-0.15, -0.1) is 0 Å². The molecule has 0 aliphatic heterocycles. The van der Waals surface area contributed by atoms with E-state index < -0.39 is 0 Å². The number of hydrogen-bond donors (Lipinski definition) is 3. The second kappa shape index (κ2) is 6.81. The second-order valence-corrected chi connectivity index (χ2v) is 4.91. The minimum absolute atomic E-state index is 0.329. The maximum atomic E-state index is 7.96. The summed E-state index contributed by atoms with van der Waals surface area (Å²) in [4.78, 5) is 8.08. The van der Waals surface area contributed by atoms with Gasteiger partial charge >= 0.3 is 0 Å². The van der Waals surface area contributed by atoms with Crippen LogP contribution in [0.25, 0.3) is 0 Å². The topological polar surface area (TPSA) is 87.7 Å². The second-order valence-electron chi connectivity index (χ2n) is 4.10. The number of halogens is 1. The summed E-state index contributed by atoms with van der Waals surface area (Å²) in [5, 5.41) is 11.1. The summed E-state index contributed by atoms with van der Waals surface area (Å²) in [6.45, 7) is 0.456. The number of anilines is 1. The van der Waals surface area contributed by atoms with Crippen LogP contribution in [0.15, 0.2) is 59.2 Å². The van der Waals surface area contributed by atoms with Gasteiger partial charge in [0.05, 0.1) is 17.9 Å². The van der Waals surface area contributed by atoms with E-state index in [1.165, 1.54) is 0 Å². The number of aromatic nitrogens is 2. The van der Waals surface area contributed by atoms with Gasteiger partial charge in [0, 0.05) is 29.9 Å². The molecule has 102 valence electrons. The Morgan fingerprint density at radius 3 is 2.85 bits per heavy atom. The van der Waals surface area contributed by atoms with E-state index in [0.29, 0.717) is 18.0 Å².